The predicted octanol–water partition coefficient (Wildman–Crippen LogP) is 2.12. The summed E-state index contributed by atoms with van der Waals surface area (Å²) < 4.78 is 18.6. The molecule has 1 N–H and O–H groups in total. The fraction of sp³-hybridized carbons (Fsp3) is 0.308. The number of aliphatic hydroxyl groups is 1. The molecule has 0 saturated heterocycles. The molecule has 96 valence electrons. The summed E-state index contributed by atoms with van der Waals surface area (Å²) in [6.07, 6.45) is 1.64. The molecule has 0 atom stereocenters. The van der Waals surface area contributed by atoms with E-state index in [0.717, 1.165) is 5.76 Å². The van der Waals surface area contributed by atoms with E-state index in [9.17, 15) is 4.39 Å². The van der Waals surface area contributed by atoms with Gasteiger partial charge in [-0.15, -0.1) is 0 Å². The molecule has 0 spiro atoms. The van der Waals surface area contributed by atoms with E-state index in [0.29, 0.717) is 24.7 Å². The number of aliphatic hydroxyl groups excluding tert-OH is 1. The minimum Gasteiger partial charge on any atom is -0.444 e. The standard InChI is InChI=1S/C13H15FN2O2/c1-10-8-15-13(18-10)9-16(5-6-17)12-4-2-3-11(14)7-12/h2-4,7-8,17H,5-6,9H2,1H3. The summed E-state index contributed by atoms with van der Waals surface area (Å²) in [4.78, 5) is 5.92. The fourth-order valence-corrected chi connectivity index (χ4v) is 1.73. The zero-order valence-corrected chi connectivity index (χ0v) is 10.1. The van der Waals surface area contributed by atoms with E-state index in [4.69, 9.17) is 9.52 Å². The second-order valence-electron chi connectivity index (χ2n) is 3.99. The Morgan fingerprint density at radius 3 is 2.89 bits per heavy atom. The molecule has 0 unspecified atom stereocenters. The molecule has 4 nitrogen and oxygen atoms in total. The monoisotopic (exact) mass is 250 g/mol. The van der Waals surface area contributed by atoms with E-state index in [-0.39, 0.29) is 12.4 Å². The first-order valence-corrected chi connectivity index (χ1v) is 5.71. The van der Waals surface area contributed by atoms with E-state index in [1.165, 1.54) is 12.1 Å². The molecule has 1 aromatic carbocycles. The summed E-state index contributed by atoms with van der Waals surface area (Å²) in [6.45, 7) is 2.59. The third-order valence-electron chi connectivity index (χ3n) is 2.54. The van der Waals surface area contributed by atoms with Crippen LogP contribution in [0.4, 0.5) is 10.1 Å². The van der Waals surface area contributed by atoms with Crippen LogP contribution in [0.5, 0.6) is 0 Å². The molecule has 18 heavy (non-hydrogen) atoms. The van der Waals surface area contributed by atoms with Gasteiger partial charge in [-0.05, 0) is 25.1 Å². The number of halogens is 1. The van der Waals surface area contributed by atoms with Gasteiger partial charge in [0.15, 0.2) is 0 Å². The number of oxazole rings is 1. The summed E-state index contributed by atoms with van der Waals surface area (Å²) in [5.74, 6) is 0.970. The average Bonchev–Trinajstić information content (AvgIpc) is 2.74. The Kier molecular flexibility index (Phi) is 3.94. The van der Waals surface area contributed by atoms with Gasteiger partial charge in [0, 0.05) is 12.2 Å². The molecule has 0 bridgehead atoms. The summed E-state index contributed by atoms with van der Waals surface area (Å²) in [7, 11) is 0. The minimum atomic E-state index is -0.306. The van der Waals surface area contributed by atoms with E-state index < -0.39 is 0 Å². The first-order chi connectivity index (χ1) is 8.69. The van der Waals surface area contributed by atoms with Crippen molar-refractivity contribution in [1.29, 1.82) is 0 Å². The van der Waals surface area contributed by atoms with E-state index in [1.807, 2.05) is 11.8 Å². The Hall–Kier alpha value is -1.88. The SMILES string of the molecule is Cc1cnc(CN(CCO)c2cccc(F)c2)o1. The van der Waals surface area contributed by atoms with Gasteiger partial charge >= 0.3 is 0 Å². The first kappa shape index (κ1) is 12.6. The highest BCUT2D eigenvalue weighted by molar-refractivity contribution is 5.46. The Balaban J connectivity index is 2.17. The lowest BCUT2D eigenvalue weighted by Crippen LogP contribution is -2.26. The van der Waals surface area contributed by atoms with Crippen molar-refractivity contribution in [3.63, 3.8) is 0 Å². The summed E-state index contributed by atoms with van der Waals surface area (Å²) in [6, 6.07) is 6.23. The van der Waals surface area contributed by atoms with Gasteiger partial charge in [-0.25, -0.2) is 9.37 Å². The number of hydrogen-bond acceptors (Lipinski definition) is 4. The highest BCUT2D eigenvalue weighted by Crippen LogP contribution is 2.18. The van der Waals surface area contributed by atoms with E-state index >= 15 is 0 Å². The van der Waals surface area contributed by atoms with Crippen molar-refractivity contribution in [2.75, 3.05) is 18.1 Å². The molecule has 0 amide bonds. The van der Waals surface area contributed by atoms with E-state index in [2.05, 4.69) is 4.98 Å². The molecular formula is C13H15FN2O2. The maximum atomic E-state index is 13.2. The Morgan fingerprint density at radius 2 is 2.28 bits per heavy atom. The zero-order chi connectivity index (χ0) is 13.0. The highest BCUT2D eigenvalue weighted by Gasteiger charge is 2.11. The quantitative estimate of drug-likeness (QED) is 0.883. The number of aromatic nitrogens is 1. The summed E-state index contributed by atoms with van der Waals surface area (Å²) in [5.41, 5.74) is 0.694. The summed E-state index contributed by atoms with van der Waals surface area (Å²) in [5, 5.41) is 9.06. The lowest BCUT2D eigenvalue weighted by atomic mass is 10.2. The van der Waals surface area contributed by atoms with E-state index in [1.54, 1.807) is 18.3 Å². The molecule has 0 aliphatic heterocycles. The predicted molar refractivity (Wildman–Crippen MR) is 65.8 cm³/mol. The van der Waals surface area contributed by atoms with Gasteiger partial charge in [-0.2, -0.15) is 0 Å². The minimum absolute atomic E-state index is 0.0177. The van der Waals surface area contributed by atoms with Gasteiger partial charge in [0.2, 0.25) is 5.89 Å². The van der Waals surface area contributed by atoms with Crippen molar-refractivity contribution in [3.8, 4) is 0 Å². The number of aryl methyl sites for hydroxylation is 1. The highest BCUT2D eigenvalue weighted by atomic mass is 19.1. The van der Waals surface area contributed by atoms with Gasteiger partial charge in [0.05, 0.1) is 19.3 Å². The molecule has 1 heterocycles. The van der Waals surface area contributed by atoms with Crippen LogP contribution in [0.2, 0.25) is 0 Å². The smallest absolute Gasteiger partial charge is 0.213 e. The number of anilines is 1. The van der Waals surface area contributed by atoms with Crippen molar-refractivity contribution < 1.29 is 13.9 Å². The average molecular weight is 250 g/mol. The van der Waals surface area contributed by atoms with Crippen molar-refractivity contribution in [2.45, 2.75) is 13.5 Å². The topological polar surface area (TPSA) is 49.5 Å². The fourth-order valence-electron chi connectivity index (χ4n) is 1.73. The molecule has 2 aromatic rings. The summed E-state index contributed by atoms with van der Waals surface area (Å²) >= 11 is 0. The molecule has 5 heteroatoms. The normalized spacial score (nSPS) is 10.6. The van der Waals surface area contributed by atoms with Gasteiger partial charge in [0.1, 0.15) is 11.6 Å². The van der Waals surface area contributed by atoms with Crippen molar-refractivity contribution in [1.82, 2.24) is 4.98 Å². The second kappa shape index (κ2) is 5.64. The van der Waals surface area contributed by atoms with Crippen LogP contribution in [0.15, 0.2) is 34.9 Å². The molecule has 0 fully saturated rings. The molecule has 0 aliphatic carbocycles. The van der Waals surface area contributed by atoms with Gasteiger partial charge in [-0.3, -0.25) is 0 Å². The van der Waals surface area contributed by atoms with Crippen LogP contribution in [-0.2, 0) is 6.54 Å². The van der Waals surface area contributed by atoms with Crippen molar-refractivity contribution in [2.24, 2.45) is 0 Å². The zero-order valence-electron chi connectivity index (χ0n) is 10.1. The van der Waals surface area contributed by atoms with Crippen LogP contribution < -0.4 is 4.90 Å². The van der Waals surface area contributed by atoms with Crippen LogP contribution in [0.1, 0.15) is 11.7 Å². The molecule has 0 aliphatic rings. The van der Waals surface area contributed by atoms with Gasteiger partial charge < -0.3 is 14.4 Å². The van der Waals surface area contributed by atoms with Crippen LogP contribution in [0.3, 0.4) is 0 Å². The lowest BCUT2D eigenvalue weighted by Gasteiger charge is -2.22. The van der Waals surface area contributed by atoms with Crippen molar-refractivity contribution >= 4 is 5.69 Å². The van der Waals surface area contributed by atoms with Crippen LogP contribution in [-0.4, -0.2) is 23.2 Å². The third kappa shape index (κ3) is 3.07. The molecule has 0 radical (unpaired) electrons. The largest absolute Gasteiger partial charge is 0.444 e. The van der Waals surface area contributed by atoms with Crippen LogP contribution in [0.25, 0.3) is 0 Å². The van der Waals surface area contributed by atoms with Crippen molar-refractivity contribution in [3.05, 3.63) is 47.9 Å². The number of benzene rings is 1. The van der Waals surface area contributed by atoms with Crippen LogP contribution >= 0.6 is 0 Å². The van der Waals surface area contributed by atoms with Gasteiger partial charge in [0.25, 0.3) is 0 Å². The second-order valence-corrected chi connectivity index (χ2v) is 3.99. The molecule has 0 saturated carbocycles. The Labute approximate surface area is 105 Å². The molecular weight excluding hydrogens is 235 g/mol. The first-order valence-electron chi connectivity index (χ1n) is 5.71. The molecule has 1 aromatic heterocycles. The Bertz CT molecular complexity index is 513. The van der Waals surface area contributed by atoms with Gasteiger partial charge in [-0.1, -0.05) is 6.07 Å². The number of hydrogen-bond donors (Lipinski definition) is 1. The number of nitrogens with zero attached hydrogens (tertiary/aromatic N) is 2. The Morgan fingerprint density at radius 1 is 1.44 bits per heavy atom. The lowest BCUT2D eigenvalue weighted by molar-refractivity contribution is 0.299. The third-order valence-corrected chi connectivity index (χ3v) is 2.54. The molecule has 2 rings (SSSR count). The number of rotatable bonds is 5. The maximum absolute atomic E-state index is 13.2. The maximum Gasteiger partial charge on any atom is 0.213 e. The van der Waals surface area contributed by atoms with Crippen LogP contribution in [0, 0.1) is 12.7 Å².